The Hall–Kier alpha value is -1.57. The van der Waals surface area contributed by atoms with Gasteiger partial charge in [0, 0.05) is 0 Å². The number of halogens is 2. The molecule has 0 radical (unpaired) electrons. The van der Waals surface area contributed by atoms with Crippen molar-refractivity contribution in [1.29, 1.82) is 0 Å². The van der Waals surface area contributed by atoms with Crippen LogP contribution in [0.3, 0.4) is 0 Å². The first-order chi connectivity index (χ1) is 9.68. The number of rotatable bonds is 5. The number of hydrogen-bond donors (Lipinski definition) is 0. The molecule has 0 fully saturated rings. The summed E-state index contributed by atoms with van der Waals surface area (Å²) in [7, 11) is 0. The number of ketones is 1. The van der Waals surface area contributed by atoms with Gasteiger partial charge < -0.3 is 0 Å². The molecule has 2 aromatic rings. The van der Waals surface area contributed by atoms with E-state index < -0.39 is 10.8 Å². The van der Waals surface area contributed by atoms with Crippen LogP contribution >= 0.6 is 23.2 Å². The van der Waals surface area contributed by atoms with Crippen molar-refractivity contribution in [2.75, 3.05) is 0 Å². The van der Waals surface area contributed by atoms with Crippen molar-refractivity contribution < 1.29 is 4.79 Å². The van der Waals surface area contributed by atoms with Gasteiger partial charge in [0.1, 0.15) is 5.38 Å². The molecule has 0 amide bonds. The summed E-state index contributed by atoms with van der Waals surface area (Å²) in [5.41, 5.74) is 1.80. The second-order valence-corrected chi connectivity index (χ2v) is 5.30. The normalized spacial score (nSPS) is 14.1. The molecule has 0 saturated carbocycles. The fourth-order valence-electron chi connectivity index (χ4n) is 1.78. The van der Waals surface area contributed by atoms with Gasteiger partial charge in [0.05, 0.1) is 5.38 Å². The summed E-state index contributed by atoms with van der Waals surface area (Å²) in [5, 5.41) is -1.31. The van der Waals surface area contributed by atoms with Crippen molar-refractivity contribution in [3.63, 3.8) is 0 Å². The van der Waals surface area contributed by atoms with Crippen molar-refractivity contribution in [2.24, 2.45) is 0 Å². The Kier molecular flexibility index (Phi) is 5.40. The fourth-order valence-corrected chi connectivity index (χ4v) is 2.27. The zero-order chi connectivity index (χ0) is 14.4. The van der Waals surface area contributed by atoms with Gasteiger partial charge in [0.2, 0.25) is 0 Å². The van der Waals surface area contributed by atoms with Crippen molar-refractivity contribution in [1.82, 2.24) is 0 Å². The van der Waals surface area contributed by atoms with Gasteiger partial charge in [-0.25, -0.2) is 0 Å². The summed E-state index contributed by atoms with van der Waals surface area (Å²) in [4.78, 5) is 12.0. The third kappa shape index (κ3) is 3.96. The molecular formula is C17H14Cl2O. The maximum absolute atomic E-state index is 12.0. The number of hydrogen-bond acceptors (Lipinski definition) is 1. The van der Waals surface area contributed by atoms with E-state index in [0.717, 1.165) is 11.1 Å². The van der Waals surface area contributed by atoms with Crippen LogP contribution in [-0.2, 0) is 4.79 Å². The Balaban J connectivity index is 2.04. The minimum absolute atomic E-state index is 0.195. The quantitative estimate of drug-likeness (QED) is 0.569. The summed E-state index contributed by atoms with van der Waals surface area (Å²) in [5.74, 6) is -0.195. The fraction of sp³-hybridized carbons (Fsp3) is 0.118. The Bertz CT molecular complexity index is 578. The lowest BCUT2D eigenvalue weighted by molar-refractivity contribution is -0.114. The first-order valence-corrected chi connectivity index (χ1v) is 7.16. The second kappa shape index (κ2) is 7.28. The van der Waals surface area contributed by atoms with E-state index in [4.69, 9.17) is 23.2 Å². The Morgan fingerprint density at radius 1 is 0.900 bits per heavy atom. The van der Waals surface area contributed by atoms with Gasteiger partial charge in [-0.1, -0.05) is 66.7 Å². The van der Waals surface area contributed by atoms with Crippen LogP contribution < -0.4 is 0 Å². The second-order valence-electron chi connectivity index (χ2n) is 4.36. The molecule has 102 valence electrons. The minimum Gasteiger partial charge on any atom is -0.293 e. The summed E-state index contributed by atoms with van der Waals surface area (Å²) in [6, 6.07) is 19.0. The number of carbonyl (C=O) groups excluding carboxylic acids is 1. The molecule has 0 saturated heterocycles. The highest BCUT2D eigenvalue weighted by molar-refractivity contribution is 6.39. The molecule has 2 aromatic carbocycles. The van der Waals surface area contributed by atoms with E-state index in [1.54, 1.807) is 6.08 Å². The van der Waals surface area contributed by atoms with Gasteiger partial charge in [-0.3, -0.25) is 4.79 Å². The molecule has 1 nitrogen and oxygen atoms in total. The molecule has 0 aliphatic heterocycles. The lowest BCUT2D eigenvalue weighted by atomic mass is 10.1. The maximum atomic E-state index is 12.0. The lowest BCUT2D eigenvalue weighted by Gasteiger charge is -2.13. The predicted molar refractivity (Wildman–Crippen MR) is 85.2 cm³/mol. The van der Waals surface area contributed by atoms with Gasteiger partial charge in [-0.2, -0.15) is 0 Å². The molecule has 0 aliphatic rings. The van der Waals surface area contributed by atoms with Gasteiger partial charge in [0.25, 0.3) is 0 Å². The molecule has 0 bridgehead atoms. The molecule has 20 heavy (non-hydrogen) atoms. The summed E-state index contributed by atoms with van der Waals surface area (Å²) in [6.07, 6.45) is 3.22. The SMILES string of the molecule is O=C(/C=C\c1ccccc1)[C@@H](Cl)[C@H](Cl)c1ccccc1. The Labute approximate surface area is 128 Å². The summed E-state index contributed by atoms with van der Waals surface area (Å²) in [6.45, 7) is 0. The molecule has 0 N–H and O–H groups in total. The standard InChI is InChI=1S/C17H14Cl2O/c18-16(14-9-5-2-6-10-14)17(19)15(20)12-11-13-7-3-1-4-8-13/h1-12,16-17H/b12-11-/t16-,17-/m1/s1. The summed E-state index contributed by atoms with van der Waals surface area (Å²) >= 11 is 12.4. The minimum atomic E-state index is -0.779. The predicted octanol–water partition coefficient (Wildman–Crippen LogP) is 4.86. The van der Waals surface area contributed by atoms with E-state index in [-0.39, 0.29) is 5.78 Å². The highest BCUT2D eigenvalue weighted by atomic mass is 35.5. The molecule has 2 rings (SSSR count). The molecular weight excluding hydrogens is 291 g/mol. The zero-order valence-electron chi connectivity index (χ0n) is 10.7. The van der Waals surface area contributed by atoms with Crippen LogP contribution in [0.4, 0.5) is 0 Å². The molecule has 0 unspecified atom stereocenters. The smallest absolute Gasteiger partial charge is 0.175 e. The molecule has 2 atom stereocenters. The number of carbonyl (C=O) groups is 1. The highest BCUT2D eigenvalue weighted by Gasteiger charge is 2.23. The monoisotopic (exact) mass is 304 g/mol. The maximum Gasteiger partial charge on any atom is 0.175 e. The van der Waals surface area contributed by atoms with Crippen molar-refractivity contribution in [3.8, 4) is 0 Å². The van der Waals surface area contributed by atoms with E-state index >= 15 is 0 Å². The van der Waals surface area contributed by atoms with Gasteiger partial charge in [-0.15, -0.1) is 23.2 Å². The Morgan fingerprint density at radius 3 is 2.05 bits per heavy atom. The van der Waals surface area contributed by atoms with Crippen LogP contribution in [0.25, 0.3) is 6.08 Å². The van der Waals surface area contributed by atoms with Gasteiger partial charge >= 0.3 is 0 Å². The Morgan fingerprint density at radius 2 is 1.45 bits per heavy atom. The van der Waals surface area contributed by atoms with E-state index in [9.17, 15) is 4.79 Å². The third-order valence-electron chi connectivity index (χ3n) is 2.89. The van der Waals surface area contributed by atoms with Crippen molar-refractivity contribution in [2.45, 2.75) is 10.8 Å². The van der Waals surface area contributed by atoms with E-state index in [0.29, 0.717) is 0 Å². The van der Waals surface area contributed by atoms with Gasteiger partial charge in [-0.05, 0) is 17.2 Å². The molecule has 0 aliphatic carbocycles. The first-order valence-electron chi connectivity index (χ1n) is 6.28. The van der Waals surface area contributed by atoms with Crippen molar-refractivity contribution >= 4 is 35.1 Å². The molecule has 0 spiro atoms. The van der Waals surface area contributed by atoms with Crippen LogP contribution in [0.1, 0.15) is 16.5 Å². The largest absolute Gasteiger partial charge is 0.293 e. The van der Waals surface area contributed by atoms with Crippen LogP contribution in [0.5, 0.6) is 0 Å². The third-order valence-corrected chi connectivity index (χ3v) is 3.99. The van der Waals surface area contributed by atoms with Crippen molar-refractivity contribution in [3.05, 3.63) is 77.9 Å². The molecule has 0 aromatic heterocycles. The van der Waals surface area contributed by atoms with Crippen LogP contribution in [0.15, 0.2) is 66.7 Å². The van der Waals surface area contributed by atoms with Crippen LogP contribution in [0, 0.1) is 0 Å². The number of benzene rings is 2. The summed E-state index contributed by atoms with van der Waals surface area (Å²) < 4.78 is 0. The number of alkyl halides is 2. The average Bonchev–Trinajstić information content (AvgIpc) is 2.53. The van der Waals surface area contributed by atoms with Crippen LogP contribution in [0.2, 0.25) is 0 Å². The highest BCUT2D eigenvalue weighted by Crippen LogP contribution is 2.28. The average molecular weight is 305 g/mol. The topological polar surface area (TPSA) is 17.1 Å². The van der Waals surface area contributed by atoms with Crippen LogP contribution in [-0.4, -0.2) is 11.2 Å². The van der Waals surface area contributed by atoms with E-state index in [2.05, 4.69) is 0 Å². The first kappa shape index (κ1) is 14.8. The van der Waals surface area contributed by atoms with E-state index in [1.807, 2.05) is 60.7 Å². The lowest BCUT2D eigenvalue weighted by Crippen LogP contribution is -2.17. The zero-order valence-corrected chi connectivity index (χ0v) is 12.3. The molecule has 0 heterocycles. The van der Waals surface area contributed by atoms with E-state index in [1.165, 1.54) is 6.08 Å². The van der Waals surface area contributed by atoms with Gasteiger partial charge in [0.15, 0.2) is 5.78 Å². The number of allylic oxidation sites excluding steroid dienone is 1. The molecule has 3 heteroatoms.